The van der Waals surface area contributed by atoms with Crippen LogP contribution in [-0.2, 0) is 6.42 Å². The first-order chi connectivity index (χ1) is 5.33. The van der Waals surface area contributed by atoms with Gasteiger partial charge >= 0.3 is 0 Å². The first-order valence-electron chi connectivity index (χ1n) is 3.89. The van der Waals surface area contributed by atoms with Crippen LogP contribution in [0.1, 0.15) is 12.5 Å². The summed E-state index contributed by atoms with van der Waals surface area (Å²) in [5.41, 5.74) is 1.34. The summed E-state index contributed by atoms with van der Waals surface area (Å²) in [5.74, 6) is 0. The number of nitrogens with one attached hydrogen (secondary N) is 1. The van der Waals surface area contributed by atoms with Gasteiger partial charge in [-0.3, -0.25) is 4.98 Å². The van der Waals surface area contributed by atoms with E-state index in [-0.39, 0.29) is 24.8 Å². The molecule has 1 atom stereocenters. The molecule has 2 nitrogen and oxygen atoms in total. The molecule has 0 radical (unpaired) electrons. The van der Waals surface area contributed by atoms with Crippen molar-refractivity contribution >= 4 is 24.8 Å². The van der Waals surface area contributed by atoms with E-state index in [4.69, 9.17) is 0 Å². The Balaban J connectivity index is 0. The zero-order chi connectivity index (χ0) is 8.10. The van der Waals surface area contributed by atoms with Crippen LogP contribution < -0.4 is 5.32 Å². The minimum Gasteiger partial charge on any atom is -0.317 e. The third kappa shape index (κ3) is 5.86. The minimum absolute atomic E-state index is 0. The standard InChI is InChI=1S/C9H14N2.2ClH/c1-8(10-2)7-9-3-5-11-6-4-9;;/h3-6,8,10H,7H2,1-2H3;2*1H. The number of hydrogen-bond donors (Lipinski definition) is 1. The molecule has 0 amide bonds. The molecule has 0 aliphatic heterocycles. The van der Waals surface area contributed by atoms with Crippen LogP contribution in [-0.4, -0.2) is 18.1 Å². The van der Waals surface area contributed by atoms with Crippen molar-refractivity contribution < 1.29 is 0 Å². The maximum Gasteiger partial charge on any atom is 0.0270 e. The van der Waals surface area contributed by atoms with E-state index in [9.17, 15) is 0 Å². The van der Waals surface area contributed by atoms with Crippen LogP contribution in [0, 0.1) is 0 Å². The highest BCUT2D eigenvalue weighted by Crippen LogP contribution is 1.99. The molecule has 0 bridgehead atoms. The smallest absolute Gasteiger partial charge is 0.0270 e. The summed E-state index contributed by atoms with van der Waals surface area (Å²) < 4.78 is 0. The molecule has 13 heavy (non-hydrogen) atoms. The van der Waals surface area contributed by atoms with Gasteiger partial charge in [-0.15, -0.1) is 24.8 Å². The van der Waals surface area contributed by atoms with Crippen molar-refractivity contribution in [2.75, 3.05) is 7.05 Å². The molecule has 1 aromatic heterocycles. The van der Waals surface area contributed by atoms with Gasteiger partial charge in [0.1, 0.15) is 0 Å². The normalized spacial score (nSPS) is 10.9. The summed E-state index contributed by atoms with van der Waals surface area (Å²) in [4.78, 5) is 3.96. The van der Waals surface area contributed by atoms with Crippen molar-refractivity contribution in [1.29, 1.82) is 0 Å². The molecule has 0 spiro atoms. The average molecular weight is 223 g/mol. The number of nitrogens with zero attached hydrogens (tertiary/aromatic N) is 1. The lowest BCUT2D eigenvalue weighted by molar-refractivity contribution is 0.608. The zero-order valence-electron chi connectivity index (χ0n) is 7.86. The number of rotatable bonds is 3. The molecule has 0 aliphatic rings. The van der Waals surface area contributed by atoms with E-state index in [2.05, 4.69) is 17.2 Å². The van der Waals surface area contributed by atoms with Crippen LogP contribution >= 0.6 is 24.8 Å². The van der Waals surface area contributed by atoms with E-state index < -0.39 is 0 Å². The van der Waals surface area contributed by atoms with Crippen molar-refractivity contribution in [1.82, 2.24) is 10.3 Å². The molecule has 1 aromatic rings. The highest BCUT2D eigenvalue weighted by Gasteiger charge is 1.98. The molecular weight excluding hydrogens is 207 g/mol. The molecule has 0 fully saturated rings. The fraction of sp³-hybridized carbons (Fsp3) is 0.444. The maximum atomic E-state index is 3.96. The van der Waals surface area contributed by atoms with Gasteiger partial charge in [0, 0.05) is 18.4 Å². The molecule has 4 heteroatoms. The summed E-state index contributed by atoms with van der Waals surface area (Å²) in [5, 5.41) is 3.19. The van der Waals surface area contributed by atoms with Gasteiger partial charge in [0.15, 0.2) is 0 Å². The summed E-state index contributed by atoms with van der Waals surface area (Å²) in [6.45, 7) is 2.17. The van der Waals surface area contributed by atoms with Crippen LogP contribution in [0.2, 0.25) is 0 Å². The lowest BCUT2D eigenvalue weighted by Gasteiger charge is -2.08. The summed E-state index contributed by atoms with van der Waals surface area (Å²) >= 11 is 0. The number of aromatic nitrogens is 1. The molecule has 1 heterocycles. The van der Waals surface area contributed by atoms with Crippen LogP contribution in [0.5, 0.6) is 0 Å². The fourth-order valence-electron chi connectivity index (χ4n) is 0.974. The Kier molecular flexibility index (Phi) is 9.68. The predicted octanol–water partition coefficient (Wildman–Crippen LogP) is 2.08. The highest BCUT2D eigenvalue weighted by molar-refractivity contribution is 5.85. The summed E-state index contributed by atoms with van der Waals surface area (Å²) in [6, 6.07) is 4.64. The first-order valence-corrected chi connectivity index (χ1v) is 3.89. The van der Waals surface area contributed by atoms with Gasteiger partial charge in [0.2, 0.25) is 0 Å². The number of halogens is 2. The molecule has 76 valence electrons. The second-order valence-corrected chi connectivity index (χ2v) is 2.75. The highest BCUT2D eigenvalue weighted by atomic mass is 35.5. The molecule has 1 rings (SSSR count). The minimum atomic E-state index is 0. The molecule has 0 aromatic carbocycles. The third-order valence-corrected chi connectivity index (χ3v) is 1.78. The van der Waals surface area contributed by atoms with Crippen LogP contribution in [0.15, 0.2) is 24.5 Å². The van der Waals surface area contributed by atoms with E-state index in [1.54, 1.807) is 0 Å². The average Bonchev–Trinajstić information content (AvgIpc) is 2.06. The Bertz CT molecular complexity index is 204. The first kappa shape index (κ1) is 15.2. The van der Waals surface area contributed by atoms with Gasteiger partial charge in [-0.2, -0.15) is 0 Å². The number of likely N-dealkylation sites (N-methyl/N-ethyl adjacent to an activating group) is 1. The Hall–Kier alpha value is -0.310. The van der Waals surface area contributed by atoms with Gasteiger partial charge in [-0.25, -0.2) is 0 Å². The van der Waals surface area contributed by atoms with E-state index in [0.717, 1.165) is 6.42 Å². The second kappa shape index (κ2) is 8.30. The van der Waals surface area contributed by atoms with Gasteiger partial charge in [0.05, 0.1) is 0 Å². The Morgan fingerprint density at radius 1 is 1.31 bits per heavy atom. The summed E-state index contributed by atoms with van der Waals surface area (Å²) in [7, 11) is 1.98. The molecule has 1 N–H and O–H groups in total. The van der Waals surface area contributed by atoms with Crippen molar-refractivity contribution in [3.63, 3.8) is 0 Å². The monoisotopic (exact) mass is 222 g/mol. The van der Waals surface area contributed by atoms with Crippen LogP contribution in [0.4, 0.5) is 0 Å². The zero-order valence-corrected chi connectivity index (χ0v) is 9.49. The van der Waals surface area contributed by atoms with Gasteiger partial charge < -0.3 is 5.32 Å². The Labute approximate surface area is 92.0 Å². The SMILES string of the molecule is CNC(C)Cc1ccncc1.Cl.Cl. The lowest BCUT2D eigenvalue weighted by atomic mass is 10.1. The third-order valence-electron chi connectivity index (χ3n) is 1.78. The Morgan fingerprint density at radius 3 is 2.31 bits per heavy atom. The van der Waals surface area contributed by atoms with Crippen molar-refractivity contribution in [3.8, 4) is 0 Å². The van der Waals surface area contributed by atoms with Gasteiger partial charge in [0.25, 0.3) is 0 Å². The van der Waals surface area contributed by atoms with E-state index in [0.29, 0.717) is 6.04 Å². The molecule has 1 unspecified atom stereocenters. The van der Waals surface area contributed by atoms with Crippen LogP contribution in [0.25, 0.3) is 0 Å². The maximum absolute atomic E-state index is 3.96. The largest absolute Gasteiger partial charge is 0.317 e. The van der Waals surface area contributed by atoms with Crippen molar-refractivity contribution in [2.45, 2.75) is 19.4 Å². The number of hydrogen-bond acceptors (Lipinski definition) is 2. The fourth-order valence-corrected chi connectivity index (χ4v) is 0.974. The van der Waals surface area contributed by atoms with Gasteiger partial charge in [-0.1, -0.05) is 0 Å². The molecular formula is C9H16Cl2N2. The van der Waals surface area contributed by atoms with E-state index >= 15 is 0 Å². The molecule has 0 saturated carbocycles. The van der Waals surface area contributed by atoms with E-state index in [1.807, 2.05) is 31.6 Å². The lowest BCUT2D eigenvalue weighted by Crippen LogP contribution is -2.23. The molecule has 0 saturated heterocycles. The van der Waals surface area contributed by atoms with Crippen molar-refractivity contribution in [3.05, 3.63) is 30.1 Å². The predicted molar refractivity (Wildman–Crippen MR) is 61.0 cm³/mol. The van der Waals surface area contributed by atoms with Crippen molar-refractivity contribution in [2.24, 2.45) is 0 Å². The summed E-state index contributed by atoms with van der Waals surface area (Å²) in [6.07, 6.45) is 4.73. The van der Waals surface area contributed by atoms with E-state index in [1.165, 1.54) is 5.56 Å². The second-order valence-electron chi connectivity index (χ2n) is 2.75. The topological polar surface area (TPSA) is 24.9 Å². The Morgan fingerprint density at radius 2 is 1.85 bits per heavy atom. The quantitative estimate of drug-likeness (QED) is 0.848. The number of pyridine rings is 1. The van der Waals surface area contributed by atoms with Crippen LogP contribution in [0.3, 0.4) is 0 Å². The van der Waals surface area contributed by atoms with Gasteiger partial charge in [-0.05, 0) is 38.1 Å². The molecule has 0 aliphatic carbocycles.